The van der Waals surface area contributed by atoms with E-state index in [2.05, 4.69) is 26.1 Å². The van der Waals surface area contributed by atoms with Gasteiger partial charge in [-0.25, -0.2) is 0 Å². The average molecular weight is 183 g/mol. The maximum atomic E-state index is 3.71. The van der Waals surface area contributed by atoms with Crippen molar-refractivity contribution in [3.8, 4) is 0 Å². The molecule has 0 radical (unpaired) electrons. The lowest BCUT2D eigenvalue weighted by molar-refractivity contribution is 0.289. The van der Waals surface area contributed by atoms with Gasteiger partial charge in [-0.05, 0) is 31.2 Å². The summed E-state index contributed by atoms with van der Waals surface area (Å²) in [7, 11) is 0. The predicted octanol–water partition coefficient (Wildman–Crippen LogP) is 3.20. The topological polar surface area (TPSA) is 12.0 Å². The van der Waals surface area contributed by atoms with Crippen molar-refractivity contribution in [2.75, 3.05) is 6.54 Å². The van der Waals surface area contributed by atoms with Gasteiger partial charge in [-0.3, -0.25) is 0 Å². The molecule has 0 aromatic rings. The zero-order valence-corrected chi connectivity index (χ0v) is 9.47. The van der Waals surface area contributed by atoms with Gasteiger partial charge in [0.05, 0.1) is 0 Å². The largest absolute Gasteiger partial charge is 0.313 e. The lowest BCUT2D eigenvalue weighted by Crippen LogP contribution is -2.39. The Labute approximate surface area is 83.3 Å². The van der Waals surface area contributed by atoms with Crippen LogP contribution < -0.4 is 5.32 Å². The van der Waals surface area contributed by atoms with Crippen molar-refractivity contribution in [3.63, 3.8) is 0 Å². The predicted molar refractivity (Wildman–Crippen MR) is 58.9 cm³/mol. The molecule has 13 heavy (non-hydrogen) atoms. The van der Waals surface area contributed by atoms with Gasteiger partial charge in [0, 0.05) is 6.04 Å². The van der Waals surface area contributed by atoms with Gasteiger partial charge >= 0.3 is 0 Å². The summed E-state index contributed by atoms with van der Waals surface area (Å²) in [6.07, 6.45) is 7.08. The van der Waals surface area contributed by atoms with Crippen LogP contribution in [0.4, 0.5) is 0 Å². The first-order valence-electron chi connectivity index (χ1n) is 5.95. The van der Waals surface area contributed by atoms with Crippen molar-refractivity contribution in [1.29, 1.82) is 0 Å². The Morgan fingerprint density at radius 2 is 1.77 bits per heavy atom. The summed E-state index contributed by atoms with van der Waals surface area (Å²) in [5, 5.41) is 3.71. The zero-order chi connectivity index (χ0) is 9.68. The minimum Gasteiger partial charge on any atom is -0.313 e. The van der Waals surface area contributed by atoms with Crippen LogP contribution in [-0.2, 0) is 0 Å². The van der Waals surface area contributed by atoms with E-state index in [4.69, 9.17) is 0 Å². The molecule has 0 amide bonds. The standard InChI is InChI=1S/C12H25N/c1-10(2)12-11(3)8-6-4-5-7-9-13-12/h10-13H,4-9H2,1-3H3. The molecule has 1 rings (SSSR count). The Morgan fingerprint density at radius 3 is 2.46 bits per heavy atom. The van der Waals surface area contributed by atoms with Crippen molar-refractivity contribution in [2.45, 2.75) is 58.9 Å². The van der Waals surface area contributed by atoms with Crippen molar-refractivity contribution < 1.29 is 0 Å². The van der Waals surface area contributed by atoms with Gasteiger partial charge < -0.3 is 5.32 Å². The Kier molecular flexibility index (Phi) is 4.79. The van der Waals surface area contributed by atoms with E-state index in [1.807, 2.05) is 0 Å². The van der Waals surface area contributed by atoms with Gasteiger partial charge in [-0.15, -0.1) is 0 Å². The second-order valence-electron chi connectivity index (χ2n) is 4.90. The van der Waals surface area contributed by atoms with E-state index in [0.29, 0.717) is 0 Å². The second kappa shape index (κ2) is 5.64. The van der Waals surface area contributed by atoms with Gasteiger partial charge in [0.1, 0.15) is 0 Å². The highest BCUT2D eigenvalue weighted by Crippen LogP contribution is 2.20. The highest BCUT2D eigenvalue weighted by molar-refractivity contribution is 4.77. The van der Waals surface area contributed by atoms with Gasteiger partial charge in [0.15, 0.2) is 0 Å². The minimum atomic E-state index is 0.748. The smallest absolute Gasteiger partial charge is 0.0116 e. The molecule has 78 valence electrons. The number of rotatable bonds is 1. The summed E-state index contributed by atoms with van der Waals surface area (Å²) in [6, 6.07) is 0.748. The monoisotopic (exact) mass is 183 g/mol. The van der Waals surface area contributed by atoms with E-state index < -0.39 is 0 Å². The summed E-state index contributed by atoms with van der Waals surface area (Å²) in [5.74, 6) is 1.64. The van der Waals surface area contributed by atoms with Gasteiger partial charge in [0.25, 0.3) is 0 Å². The Bertz CT molecular complexity index is 131. The molecule has 1 aliphatic heterocycles. The minimum absolute atomic E-state index is 0.748. The average Bonchev–Trinajstić information content (AvgIpc) is 2.16. The molecule has 0 aromatic carbocycles. The lowest BCUT2D eigenvalue weighted by Gasteiger charge is -2.28. The second-order valence-corrected chi connectivity index (χ2v) is 4.90. The van der Waals surface area contributed by atoms with Crippen molar-refractivity contribution in [2.24, 2.45) is 11.8 Å². The van der Waals surface area contributed by atoms with Gasteiger partial charge in [0.2, 0.25) is 0 Å². The molecule has 1 fully saturated rings. The number of hydrogen-bond donors (Lipinski definition) is 1. The summed E-state index contributed by atoms with van der Waals surface area (Å²) >= 11 is 0. The summed E-state index contributed by atoms with van der Waals surface area (Å²) in [5.41, 5.74) is 0. The molecule has 1 saturated heterocycles. The first-order valence-corrected chi connectivity index (χ1v) is 5.95. The third-order valence-corrected chi connectivity index (χ3v) is 3.30. The molecule has 1 heteroatoms. The summed E-state index contributed by atoms with van der Waals surface area (Å²) in [4.78, 5) is 0. The SMILES string of the molecule is CC(C)C1NCCCCCCC1C. The first-order chi connectivity index (χ1) is 6.22. The van der Waals surface area contributed by atoms with E-state index in [0.717, 1.165) is 17.9 Å². The molecule has 1 aliphatic rings. The van der Waals surface area contributed by atoms with Crippen LogP contribution in [-0.4, -0.2) is 12.6 Å². The van der Waals surface area contributed by atoms with E-state index in [-0.39, 0.29) is 0 Å². The highest BCUT2D eigenvalue weighted by atomic mass is 14.9. The fourth-order valence-electron chi connectivity index (χ4n) is 2.49. The van der Waals surface area contributed by atoms with E-state index in [1.165, 1.54) is 38.6 Å². The van der Waals surface area contributed by atoms with E-state index in [9.17, 15) is 0 Å². The summed E-state index contributed by atoms with van der Waals surface area (Å²) in [6.45, 7) is 8.31. The number of hydrogen-bond acceptors (Lipinski definition) is 1. The summed E-state index contributed by atoms with van der Waals surface area (Å²) < 4.78 is 0. The molecule has 1 nitrogen and oxygen atoms in total. The quantitative estimate of drug-likeness (QED) is 0.658. The molecular weight excluding hydrogens is 158 g/mol. The maximum absolute atomic E-state index is 3.71. The van der Waals surface area contributed by atoms with Crippen molar-refractivity contribution >= 4 is 0 Å². The van der Waals surface area contributed by atoms with E-state index in [1.54, 1.807) is 0 Å². The Morgan fingerprint density at radius 1 is 1.08 bits per heavy atom. The Hall–Kier alpha value is -0.0400. The fourth-order valence-corrected chi connectivity index (χ4v) is 2.49. The Balaban J connectivity index is 2.45. The lowest BCUT2D eigenvalue weighted by atomic mass is 9.88. The molecule has 0 bridgehead atoms. The van der Waals surface area contributed by atoms with Crippen molar-refractivity contribution in [1.82, 2.24) is 5.32 Å². The van der Waals surface area contributed by atoms with Crippen LogP contribution in [0.3, 0.4) is 0 Å². The molecule has 0 saturated carbocycles. The van der Waals surface area contributed by atoms with Crippen LogP contribution in [0.5, 0.6) is 0 Å². The first kappa shape index (κ1) is 11.0. The molecule has 2 atom stereocenters. The van der Waals surface area contributed by atoms with Crippen LogP contribution >= 0.6 is 0 Å². The van der Waals surface area contributed by atoms with Crippen LogP contribution in [0.25, 0.3) is 0 Å². The molecule has 0 spiro atoms. The molecule has 1 N–H and O–H groups in total. The molecule has 0 aromatic heterocycles. The van der Waals surface area contributed by atoms with Crippen LogP contribution in [0.1, 0.15) is 52.9 Å². The molecule has 1 heterocycles. The van der Waals surface area contributed by atoms with Gasteiger partial charge in [-0.2, -0.15) is 0 Å². The fraction of sp³-hybridized carbons (Fsp3) is 1.00. The van der Waals surface area contributed by atoms with Crippen LogP contribution in [0, 0.1) is 11.8 Å². The maximum Gasteiger partial charge on any atom is 0.0116 e. The van der Waals surface area contributed by atoms with Gasteiger partial charge in [-0.1, -0.05) is 40.0 Å². The molecule has 0 aliphatic carbocycles. The van der Waals surface area contributed by atoms with Crippen LogP contribution in [0.2, 0.25) is 0 Å². The zero-order valence-electron chi connectivity index (χ0n) is 9.47. The third kappa shape index (κ3) is 3.68. The van der Waals surface area contributed by atoms with Crippen molar-refractivity contribution in [3.05, 3.63) is 0 Å². The molecule has 2 unspecified atom stereocenters. The normalized spacial score (nSPS) is 32.3. The van der Waals surface area contributed by atoms with E-state index >= 15 is 0 Å². The third-order valence-electron chi connectivity index (χ3n) is 3.30. The highest BCUT2D eigenvalue weighted by Gasteiger charge is 2.20. The molecular formula is C12H25N. The number of nitrogens with one attached hydrogen (secondary N) is 1. The van der Waals surface area contributed by atoms with Crippen LogP contribution in [0.15, 0.2) is 0 Å².